The Kier molecular flexibility index (Phi) is 11.4. The van der Waals surface area contributed by atoms with Crippen LogP contribution in [0.5, 0.6) is 0 Å². The minimum absolute atomic E-state index is 0. The van der Waals surface area contributed by atoms with Gasteiger partial charge in [-0.2, -0.15) is 0 Å². The Morgan fingerprint density at radius 1 is 1.19 bits per heavy atom. The maximum Gasteiger partial charge on any atom is 0.221 e. The highest BCUT2D eigenvalue weighted by atomic mass is 127. The molecule has 1 aromatic rings. The van der Waals surface area contributed by atoms with Crippen molar-refractivity contribution in [3.05, 3.63) is 35.9 Å². The standard InChI is InChI=1S/C21H34N4O.HI/c1-4-13-23-20(26)11-14-24-21(22-3)25-15-12-19(17(5-2)16-25)18-9-7-6-8-10-18;/h6-10,17,19H,4-5,11-16H2,1-3H3,(H,22,24)(H,23,26);1H. The second kappa shape index (κ2) is 13.0. The number of halogens is 1. The Hall–Kier alpha value is -1.31. The second-order valence-corrected chi connectivity index (χ2v) is 6.99. The summed E-state index contributed by atoms with van der Waals surface area (Å²) in [5.41, 5.74) is 1.45. The lowest BCUT2D eigenvalue weighted by atomic mass is 9.79. The molecule has 6 heteroatoms. The van der Waals surface area contributed by atoms with Crippen molar-refractivity contribution < 1.29 is 4.79 Å². The monoisotopic (exact) mass is 486 g/mol. The van der Waals surface area contributed by atoms with Gasteiger partial charge in [0.05, 0.1) is 0 Å². The molecule has 0 saturated carbocycles. The lowest BCUT2D eigenvalue weighted by Crippen LogP contribution is -2.49. The minimum Gasteiger partial charge on any atom is -0.356 e. The van der Waals surface area contributed by atoms with Crippen LogP contribution in [0.2, 0.25) is 0 Å². The molecule has 0 radical (unpaired) electrons. The van der Waals surface area contributed by atoms with Gasteiger partial charge in [-0.05, 0) is 30.2 Å². The lowest BCUT2D eigenvalue weighted by molar-refractivity contribution is -0.120. The fourth-order valence-corrected chi connectivity index (χ4v) is 3.75. The fraction of sp³-hybridized carbons (Fsp3) is 0.619. The summed E-state index contributed by atoms with van der Waals surface area (Å²) in [5, 5.41) is 6.27. The van der Waals surface area contributed by atoms with Gasteiger partial charge in [0, 0.05) is 39.6 Å². The van der Waals surface area contributed by atoms with Crippen molar-refractivity contribution in [2.45, 2.75) is 45.4 Å². The molecule has 0 aromatic heterocycles. The topological polar surface area (TPSA) is 56.7 Å². The smallest absolute Gasteiger partial charge is 0.221 e. The van der Waals surface area contributed by atoms with Gasteiger partial charge in [-0.15, -0.1) is 24.0 Å². The van der Waals surface area contributed by atoms with Crippen LogP contribution in [0.15, 0.2) is 35.3 Å². The fourth-order valence-electron chi connectivity index (χ4n) is 3.75. The zero-order valence-corrected chi connectivity index (χ0v) is 19.2. The maximum atomic E-state index is 11.7. The molecule has 2 rings (SSSR count). The van der Waals surface area contributed by atoms with Gasteiger partial charge < -0.3 is 15.5 Å². The van der Waals surface area contributed by atoms with Crippen LogP contribution in [-0.2, 0) is 4.79 Å². The Morgan fingerprint density at radius 3 is 2.56 bits per heavy atom. The van der Waals surface area contributed by atoms with Gasteiger partial charge in [0.1, 0.15) is 0 Å². The van der Waals surface area contributed by atoms with E-state index < -0.39 is 0 Å². The van der Waals surface area contributed by atoms with E-state index in [1.54, 1.807) is 0 Å². The number of rotatable bonds is 7. The third-order valence-electron chi connectivity index (χ3n) is 5.20. The predicted octanol–water partition coefficient (Wildman–Crippen LogP) is 3.61. The number of amides is 1. The third kappa shape index (κ3) is 7.31. The molecule has 5 nitrogen and oxygen atoms in total. The van der Waals surface area contributed by atoms with Crippen LogP contribution >= 0.6 is 24.0 Å². The van der Waals surface area contributed by atoms with Crippen molar-refractivity contribution in [1.29, 1.82) is 0 Å². The van der Waals surface area contributed by atoms with E-state index in [9.17, 15) is 4.79 Å². The predicted molar refractivity (Wildman–Crippen MR) is 124 cm³/mol. The van der Waals surface area contributed by atoms with Crippen LogP contribution in [0, 0.1) is 5.92 Å². The van der Waals surface area contributed by atoms with E-state index in [-0.39, 0.29) is 29.9 Å². The zero-order chi connectivity index (χ0) is 18.8. The van der Waals surface area contributed by atoms with Crippen molar-refractivity contribution in [3.8, 4) is 0 Å². The summed E-state index contributed by atoms with van der Waals surface area (Å²) in [5.74, 6) is 2.26. The number of aliphatic imine (C=N–C) groups is 1. The highest BCUT2D eigenvalue weighted by Crippen LogP contribution is 2.34. The second-order valence-electron chi connectivity index (χ2n) is 6.99. The molecule has 1 aliphatic heterocycles. The van der Waals surface area contributed by atoms with Crippen molar-refractivity contribution in [2.75, 3.05) is 33.2 Å². The lowest BCUT2D eigenvalue weighted by Gasteiger charge is -2.40. The zero-order valence-electron chi connectivity index (χ0n) is 16.9. The van der Waals surface area contributed by atoms with E-state index in [1.165, 1.54) is 5.56 Å². The quantitative estimate of drug-likeness (QED) is 0.352. The first-order valence-corrected chi connectivity index (χ1v) is 9.96. The van der Waals surface area contributed by atoms with Crippen molar-refractivity contribution >= 4 is 35.8 Å². The van der Waals surface area contributed by atoms with Gasteiger partial charge in [-0.25, -0.2) is 0 Å². The summed E-state index contributed by atoms with van der Waals surface area (Å²) in [6, 6.07) is 10.9. The molecular formula is C21H35IN4O. The number of guanidine groups is 1. The van der Waals surface area contributed by atoms with Crippen LogP contribution in [0.1, 0.15) is 51.0 Å². The number of carbonyl (C=O) groups is 1. The Labute approximate surface area is 181 Å². The highest BCUT2D eigenvalue weighted by molar-refractivity contribution is 14.0. The van der Waals surface area contributed by atoms with Crippen LogP contribution < -0.4 is 10.6 Å². The number of benzene rings is 1. The van der Waals surface area contributed by atoms with Crippen LogP contribution in [0.25, 0.3) is 0 Å². The summed E-state index contributed by atoms with van der Waals surface area (Å²) in [6.07, 6.45) is 3.75. The average molecular weight is 486 g/mol. The van der Waals surface area contributed by atoms with E-state index in [2.05, 4.69) is 64.7 Å². The SMILES string of the molecule is CCCNC(=O)CCNC(=NC)N1CCC(c2ccccc2)C(CC)C1.I. The molecule has 2 atom stereocenters. The van der Waals surface area contributed by atoms with Crippen LogP contribution in [0.3, 0.4) is 0 Å². The molecule has 0 spiro atoms. The van der Waals surface area contributed by atoms with Gasteiger partial charge in [0.2, 0.25) is 5.91 Å². The number of piperidine rings is 1. The Morgan fingerprint density at radius 2 is 1.93 bits per heavy atom. The molecule has 1 heterocycles. The third-order valence-corrected chi connectivity index (χ3v) is 5.20. The normalized spacial score (nSPS) is 20.0. The maximum absolute atomic E-state index is 11.7. The summed E-state index contributed by atoms with van der Waals surface area (Å²) >= 11 is 0. The van der Waals surface area contributed by atoms with E-state index in [4.69, 9.17) is 0 Å². The van der Waals surface area contributed by atoms with E-state index >= 15 is 0 Å². The minimum atomic E-state index is 0. The van der Waals surface area contributed by atoms with Gasteiger partial charge in [0.25, 0.3) is 0 Å². The number of hydrogen-bond donors (Lipinski definition) is 2. The summed E-state index contributed by atoms with van der Waals surface area (Å²) in [6.45, 7) is 7.72. The van der Waals surface area contributed by atoms with Gasteiger partial charge in [-0.3, -0.25) is 9.79 Å². The molecule has 2 N–H and O–H groups in total. The molecule has 1 aliphatic rings. The molecule has 27 heavy (non-hydrogen) atoms. The van der Waals surface area contributed by atoms with Gasteiger partial charge >= 0.3 is 0 Å². The largest absolute Gasteiger partial charge is 0.356 e. The number of nitrogens with zero attached hydrogens (tertiary/aromatic N) is 2. The summed E-state index contributed by atoms with van der Waals surface area (Å²) < 4.78 is 0. The van der Waals surface area contributed by atoms with Crippen LogP contribution in [-0.4, -0.2) is 50.0 Å². The number of carbonyl (C=O) groups excluding carboxylic acids is 1. The number of nitrogens with one attached hydrogen (secondary N) is 2. The number of hydrogen-bond acceptors (Lipinski definition) is 2. The average Bonchev–Trinajstić information content (AvgIpc) is 2.69. The van der Waals surface area contributed by atoms with Gasteiger partial charge in [0.15, 0.2) is 5.96 Å². The van der Waals surface area contributed by atoms with Crippen molar-refractivity contribution in [1.82, 2.24) is 15.5 Å². The van der Waals surface area contributed by atoms with Gasteiger partial charge in [-0.1, -0.05) is 50.6 Å². The molecule has 0 aliphatic carbocycles. The Balaban J connectivity index is 0.00000364. The van der Waals surface area contributed by atoms with E-state index in [0.717, 1.165) is 44.9 Å². The first-order valence-electron chi connectivity index (χ1n) is 9.96. The van der Waals surface area contributed by atoms with Crippen LogP contribution in [0.4, 0.5) is 0 Å². The summed E-state index contributed by atoms with van der Waals surface area (Å²) in [4.78, 5) is 18.5. The van der Waals surface area contributed by atoms with E-state index in [0.29, 0.717) is 24.8 Å². The van der Waals surface area contributed by atoms with E-state index in [1.807, 2.05) is 7.05 Å². The summed E-state index contributed by atoms with van der Waals surface area (Å²) in [7, 11) is 1.82. The molecule has 1 aromatic carbocycles. The molecule has 152 valence electrons. The first kappa shape index (κ1) is 23.7. The first-order chi connectivity index (χ1) is 12.7. The molecule has 2 unspecified atom stereocenters. The molecule has 1 fully saturated rings. The molecule has 1 saturated heterocycles. The number of likely N-dealkylation sites (tertiary alicyclic amines) is 1. The highest BCUT2D eigenvalue weighted by Gasteiger charge is 2.30. The molecule has 0 bridgehead atoms. The molecular weight excluding hydrogens is 451 g/mol. The molecule has 1 amide bonds. The van der Waals surface area contributed by atoms with Crippen molar-refractivity contribution in [3.63, 3.8) is 0 Å². The van der Waals surface area contributed by atoms with Crippen molar-refractivity contribution in [2.24, 2.45) is 10.9 Å². The Bertz CT molecular complexity index is 579.